The first-order valence-electron chi connectivity index (χ1n) is 5.64. The third-order valence-corrected chi connectivity index (χ3v) is 4.11. The van der Waals surface area contributed by atoms with Gasteiger partial charge in [0, 0.05) is 3.57 Å². The Morgan fingerprint density at radius 2 is 2.28 bits per heavy atom. The summed E-state index contributed by atoms with van der Waals surface area (Å²) in [5, 5.41) is 11.9. The summed E-state index contributed by atoms with van der Waals surface area (Å²) in [6.45, 7) is 2.02. The minimum absolute atomic E-state index is 0.285. The van der Waals surface area contributed by atoms with Gasteiger partial charge in [0.05, 0.1) is 11.8 Å². The van der Waals surface area contributed by atoms with E-state index >= 15 is 0 Å². The first-order chi connectivity index (χ1) is 8.47. The van der Waals surface area contributed by atoms with Crippen molar-refractivity contribution in [3.63, 3.8) is 0 Å². The molecular formula is C13H12FIN2O. The molecule has 0 radical (unpaired) electrons. The van der Waals surface area contributed by atoms with E-state index in [1.165, 1.54) is 18.2 Å². The number of hydrogen-bond acceptors (Lipinski definition) is 2. The van der Waals surface area contributed by atoms with Crippen molar-refractivity contribution in [1.82, 2.24) is 0 Å². The molecule has 3 nitrogen and oxygen atoms in total. The summed E-state index contributed by atoms with van der Waals surface area (Å²) in [5.74, 6) is -0.222. The van der Waals surface area contributed by atoms with Gasteiger partial charge < -0.3 is 5.32 Å². The van der Waals surface area contributed by atoms with Gasteiger partial charge in [0.1, 0.15) is 11.2 Å². The second-order valence-corrected chi connectivity index (χ2v) is 5.95. The molecule has 0 atom stereocenters. The average molecular weight is 358 g/mol. The Bertz CT molecular complexity index is 532. The van der Waals surface area contributed by atoms with Crippen LogP contribution >= 0.6 is 22.6 Å². The van der Waals surface area contributed by atoms with E-state index in [-0.39, 0.29) is 11.7 Å². The number of carbonyl (C=O) groups is 1. The number of nitriles is 1. The number of nitrogens with one attached hydrogen (secondary N) is 1. The average Bonchev–Trinajstić information content (AvgIpc) is 2.28. The van der Waals surface area contributed by atoms with Crippen LogP contribution in [0.15, 0.2) is 18.2 Å². The van der Waals surface area contributed by atoms with Crippen molar-refractivity contribution < 1.29 is 9.18 Å². The van der Waals surface area contributed by atoms with Gasteiger partial charge in [-0.2, -0.15) is 5.26 Å². The lowest BCUT2D eigenvalue weighted by molar-refractivity contribution is -0.128. The van der Waals surface area contributed by atoms with Crippen molar-refractivity contribution in [2.45, 2.75) is 19.8 Å². The van der Waals surface area contributed by atoms with Crippen LogP contribution in [0.3, 0.4) is 0 Å². The topological polar surface area (TPSA) is 52.9 Å². The first kappa shape index (κ1) is 13.3. The van der Waals surface area contributed by atoms with Gasteiger partial charge in [-0.1, -0.05) is 6.92 Å². The van der Waals surface area contributed by atoms with Crippen LogP contribution in [0.4, 0.5) is 10.1 Å². The molecule has 0 saturated heterocycles. The SMILES string of the molecule is CC1CC(C#N)(C(=O)Nc2ccc(F)cc2I)C1. The normalized spacial score (nSPS) is 26.0. The lowest BCUT2D eigenvalue weighted by Crippen LogP contribution is -2.45. The van der Waals surface area contributed by atoms with Crippen molar-refractivity contribution in [3.8, 4) is 6.07 Å². The molecule has 1 N–H and O–H groups in total. The number of rotatable bonds is 2. The first-order valence-corrected chi connectivity index (χ1v) is 6.72. The Morgan fingerprint density at radius 3 is 2.78 bits per heavy atom. The molecule has 1 amide bonds. The molecule has 1 aromatic carbocycles. The van der Waals surface area contributed by atoms with E-state index in [1.807, 2.05) is 29.5 Å². The van der Waals surface area contributed by atoms with Gasteiger partial charge in [0.25, 0.3) is 0 Å². The predicted octanol–water partition coefficient (Wildman–Crippen LogP) is 3.31. The van der Waals surface area contributed by atoms with Crippen LogP contribution in [-0.4, -0.2) is 5.91 Å². The molecule has 2 rings (SSSR count). The van der Waals surface area contributed by atoms with Gasteiger partial charge in [0.2, 0.25) is 5.91 Å². The van der Waals surface area contributed by atoms with E-state index in [1.54, 1.807) is 0 Å². The zero-order chi connectivity index (χ0) is 13.3. The highest BCUT2D eigenvalue weighted by Gasteiger charge is 2.49. The lowest BCUT2D eigenvalue weighted by Gasteiger charge is -2.39. The maximum Gasteiger partial charge on any atom is 0.244 e. The standard InChI is InChI=1S/C13H12FIN2O/c1-8-5-13(6-8,7-16)12(18)17-11-3-2-9(14)4-10(11)15/h2-4,8H,5-6H2,1H3,(H,17,18). The molecule has 1 aromatic rings. The molecule has 5 heteroatoms. The molecule has 0 heterocycles. The van der Waals surface area contributed by atoms with E-state index in [0.29, 0.717) is 28.0 Å². The molecular weight excluding hydrogens is 346 g/mol. The second-order valence-electron chi connectivity index (χ2n) is 4.79. The van der Waals surface area contributed by atoms with Crippen LogP contribution in [-0.2, 0) is 4.79 Å². The highest BCUT2D eigenvalue weighted by molar-refractivity contribution is 14.1. The lowest BCUT2D eigenvalue weighted by atomic mass is 9.63. The summed E-state index contributed by atoms with van der Waals surface area (Å²) in [6, 6.07) is 6.26. The number of anilines is 1. The smallest absolute Gasteiger partial charge is 0.244 e. The van der Waals surface area contributed by atoms with Crippen LogP contribution < -0.4 is 5.32 Å². The maximum atomic E-state index is 12.9. The number of nitrogens with zero attached hydrogens (tertiary/aromatic N) is 1. The predicted molar refractivity (Wildman–Crippen MR) is 74.2 cm³/mol. The fourth-order valence-electron chi connectivity index (χ4n) is 2.29. The molecule has 0 aliphatic heterocycles. The Labute approximate surface area is 119 Å². The minimum atomic E-state index is -0.906. The molecule has 0 spiro atoms. The molecule has 0 bridgehead atoms. The fraction of sp³-hybridized carbons (Fsp3) is 0.385. The molecule has 1 aliphatic rings. The molecule has 1 fully saturated rings. The van der Waals surface area contributed by atoms with Crippen LogP contribution in [0.25, 0.3) is 0 Å². The second kappa shape index (κ2) is 4.84. The number of benzene rings is 1. The van der Waals surface area contributed by atoms with Gasteiger partial charge in [-0.15, -0.1) is 0 Å². The van der Waals surface area contributed by atoms with Crippen LogP contribution in [0.1, 0.15) is 19.8 Å². The number of amides is 1. The molecule has 1 saturated carbocycles. The van der Waals surface area contributed by atoms with Gasteiger partial charge in [-0.05, 0) is 59.5 Å². The monoisotopic (exact) mass is 358 g/mol. The summed E-state index contributed by atoms with van der Waals surface area (Å²) in [5.41, 5.74) is -0.354. The highest BCUT2D eigenvalue weighted by Crippen LogP contribution is 2.45. The molecule has 0 unspecified atom stereocenters. The quantitative estimate of drug-likeness (QED) is 0.825. The molecule has 94 valence electrons. The van der Waals surface area contributed by atoms with E-state index in [2.05, 4.69) is 11.4 Å². The largest absolute Gasteiger partial charge is 0.324 e. The van der Waals surface area contributed by atoms with Gasteiger partial charge in [0.15, 0.2) is 0 Å². The summed E-state index contributed by atoms with van der Waals surface area (Å²) < 4.78 is 13.6. The van der Waals surface area contributed by atoms with Crippen molar-refractivity contribution in [1.29, 1.82) is 5.26 Å². The Morgan fingerprint density at radius 1 is 1.61 bits per heavy atom. The van der Waals surface area contributed by atoms with E-state index < -0.39 is 5.41 Å². The van der Waals surface area contributed by atoms with E-state index in [9.17, 15) is 9.18 Å². The Kier molecular flexibility index (Phi) is 3.57. The summed E-state index contributed by atoms with van der Waals surface area (Å²) >= 11 is 1.96. The number of halogens is 2. The zero-order valence-corrected chi connectivity index (χ0v) is 12.0. The van der Waals surface area contributed by atoms with E-state index in [4.69, 9.17) is 5.26 Å². The molecule has 0 aromatic heterocycles. The van der Waals surface area contributed by atoms with Gasteiger partial charge in [-0.3, -0.25) is 4.79 Å². The number of hydrogen-bond donors (Lipinski definition) is 1. The van der Waals surface area contributed by atoms with Crippen LogP contribution in [0.2, 0.25) is 0 Å². The molecule has 1 aliphatic carbocycles. The minimum Gasteiger partial charge on any atom is -0.324 e. The van der Waals surface area contributed by atoms with Crippen molar-refractivity contribution in [3.05, 3.63) is 27.6 Å². The summed E-state index contributed by atoms with van der Waals surface area (Å²) in [6.07, 6.45) is 1.18. The van der Waals surface area contributed by atoms with Crippen molar-refractivity contribution in [2.75, 3.05) is 5.32 Å². The van der Waals surface area contributed by atoms with Crippen molar-refractivity contribution in [2.24, 2.45) is 11.3 Å². The highest BCUT2D eigenvalue weighted by atomic mass is 127. The zero-order valence-electron chi connectivity index (χ0n) is 9.84. The summed E-state index contributed by atoms with van der Waals surface area (Å²) in [7, 11) is 0. The van der Waals surface area contributed by atoms with Crippen LogP contribution in [0, 0.1) is 32.1 Å². The summed E-state index contributed by atoms with van der Waals surface area (Å²) in [4.78, 5) is 12.1. The Balaban J connectivity index is 2.15. The molecule has 18 heavy (non-hydrogen) atoms. The van der Waals surface area contributed by atoms with Gasteiger partial charge in [-0.25, -0.2) is 4.39 Å². The Hall–Kier alpha value is -1.16. The van der Waals surface area contributed by atoms with Crippen LogP contribution in [0.5, 0.6) is 0 Å². The van der Waals surface area contributed by atoms with E-state index in [0.717, 1.165) is 0 Å². The number of carbonyl (C=O) groups excluding carboxylic acids is 1. The third kappa shape index (κ3) is 2.34. The van der Waals surface area contributed by atoms with Crippen molar-refractivity contribution >= 4 is 34.2 Å². The maximum absolute atomic E-state index is 12.9. The third-order valence-electron chi connectivity index (χ3n) is 3.22. The van der Waals surface area contributed by atoms with Gasteiger partial charge >= 0.3 is 0 Å². The fourth-order valence-corrected chi connectivity index (χ4v) is 2.90.